The molecule has 3 N–H and O–H groups in total. The Labute approximate surface area is 155 Å². The van der Waals surface area contributed by atoms with Crippen LogP contribution < -0.4 is 4.74 Å². The molecular weight excluding hydrogens is 328 g/mol. The van der Waals surface area contributed by atoms with Crippen LogP contribution in [0.25, 0.3) is 0 Å². The first-order valence-corrected chi connectivity index (χ1v) is 9.35. The highest BCUT2D eigenvalue weighted by atomic mass is 16.5. The molecule has 1 fully saturated rings. The topological polar surface area (TPSA) is 69.9 Å². The molecule has 1 aromatic rings. The van der Waals surface area contributed by atoms with Gasteiger partial charge in [-0.05, 0) is 70.1 Å². The van der Waals surface area contributed by atoms with E-state index in [1.165, 1.54) is 0 Å². The van der Waals surface area contributed by atoms with Gasteiger partial charge in [0.15, 0.2) is 0 Å². The summed E-state index contributed by atoms with van der Waals surface area (Å²) in [5.41, 5.74) is 2.56. The molecule has 1 aromatic carbocycles. The van der Waals surface area contributed by atoms with Gasteiger partial charge >= 0.3 is 0 Å². The Morgan fingerprint density at radius 2 is 2.08 bits per heavy atom. The van der Waals surface area contributed by atoms with E-state index in [1.54, 1.807) is 6.07 Å². The molecule has 1 heterocycles. The fourth-order valence-electron chi connectivity index (χ4n) is 4.45. The third kappa shape index (κ3) is 3.28. The van der Waals surface area contributed by atoms with E-state index < -0.39 is 17.8 Å². The first-order chi connectivity index (χ1) is 12.1. The molecule has 26 heavy (non-hydrogen) atoms. The van der Waals surface area contributed by atoms with Gasteiger partial charge in [-0.2, -0.15) is 0 Å². The maximum Gasteiger partial charge on any atom is 0.135 e. The first-order valence-electron chi connectivity index (χ1n) is 9.35. The largest absolute Gasteiger partial charge is 0.508 e. The predicted molar refractivity (Wildman–Crippen MR) is 103 cm³/mol. The first kappa shape index (κ1) is 19.0. The molecule has 5 unspecified atom stereocenters. The summed E-state index contributed by atoms with van der Waals surface area (Å²) >= 11 is 0. The van der Waals surface area contributed by atoms with Crippen molar-refractivity contribution in [3.8, 4) is 11.5 Å². The summed E-state index contributed by atoms with van der Waals surface area (Å²) < 4.78 is 6.12. The van der Waals surface area contributed by atoms with Gasteiger partial charge in [-0.1, -0.05) is 24.3 Å². The molecule has 1 saturated carbocycles. The van der Waals surface area contributed by atoms with Crippen LogP contribution >= 0.6 is 0 Å². The zero-order valence-corrected chi connectivity index (χ0v) is 16.0. The number of allylic oxidation sites excluding steroid dienone is 1. The number of aromatic hydroxyl groups is 1. The molecule has 1 aliphatic heterocycles. The van der Waals surface area contributed by atoms with E-state index in [1.807, 2.05) is 26.8 Å². The average molecular weight is 358 g/mol. The monoisotopic (exact) mass is 358 g/mol. The van der Waals surface area contributed by atoms with Crippen LogP contribution in [0, 0.1) is 12.8 Å². The molecule has 0 radical (unpaired) electrons. The number of fused-ring (bicyclic) bond motifs is 3. The second-order valence-electron chi connectivity index (χ2n) is 8.32. The Hall–Kier alpha value is -1.78. The van der Waals surface area contributed by atoms with Crippen molar-refractivity contribution in [1.82, 2.24) is 0 Å². The van der Waals surface area contributed by atoms with Crippen molar-refractivity contribution in [1.29, 1.82) is 0 Å². The number of hydrogen-bond acceptors (Lipinski definition) is 4. The molecule has 0 bridgehead atoms. The van der Waals surface area contributed by atoms with E-state index in [-0.39, 0.29) is 17.6 Å². The highest BCUT2D eigenvalue weighted by Gasteiger charge is 2.53. The number of phenolic OH excluding ortho intramolecular Hbond substituents is 1. The molecule has 3 rings (SSSR count). The SMILES string of the molecule is C=C(C)C(O)CCC(=C)C1CCC(C)(O)C2Oc3cc(C)cc(O)c3C12. The van der Waals surface area contributed by atoms with Crippen molar-refractivity contribution in [2.24, 2.45) is 5.92 Å². The van der Waals surface area contributed by atoms with Crippen LogP contribution in [0.5, 0.6) is 11.5 Å². The van der Waals surface area contributed by atoms with Gasteiger partial charge in [-0.25, -0.2) is 0 Å². The zero-order chi connectivity index (χ0) is 19.2. The van der Waals surface area contributed by atoms with Gasteiger partial charge in [0, 0.05) is 11.5 Å². The lowest BCUT2D eigenvalue weighted by Gasteiger charge is -2.43. The second kappa shape index (κ2) is 6.75. The highest BCUT2D eigenvalue weighted by Crippen LogP contribution is 2.56. The van der Waals surface area contributed by atoms with Gasteiger partial charge < -0.3 is 20.1 Å². The number of ether oxygens (including phenoxy) is 1. The summed E-state index contributed by atoms with van der Waals surface area (Å²) in [5.74, 6) is 0.876. The molecule has 0 aromatic heterocycles. The van der Waals surface area contributed by atoms with E-state index >= 15 is 0 Å². The third-order valence-corrected chi connectivity index (χ3v) is 6.02. The van der Waals surface area contributed by atoms with Crippen molar-refractivity contribution >= 4 is 0 Å². The van der Waals surface area contributed by atoms with E-state index in [4.69, 9.17) is 4.74 Å². The maximum atomic E-state index is 10.9. The summed E-state index contributed by atoms with van der Waals surface area (Å²) in [4.78, 5) is 0. The number of aliphatic hydroxyl groups is 2. The number of hydrogen-bond donors (Lipinski definition) is 3. The summed E-state index contributed by atoms with van der Waals surface area (Å²) in [6, 6.07) is 3.67. The van der Waals surface area contributed by atoms with Gasteiger partial charge in [-0.15, -0.1) is 0 Å². The molecule has 4 nitrogen and oxygen atoms in total. The van der Waals surface area contributed by atoms with E-state index in [0.717, 1.165) is 28.7 Å². The normalized spacial score (nSPS) is 30.9. The summed E-state index contributed by atoms with van der Waals surface area (Å²) in [7, 11) is 0. The second-order valence-corrected chi connectivity index (χ2v) is 8.32. The Bertz CT molecular complexity index is 734. The quantitative estimate of drug-likeness (QED) is 0.696. The Morgan fingerprint density at radius 3 is 2.73 bits per heavy atom. The molecule has 0 saturated heterocycles. The summed E-state index contributed by atoms with van der Waals surface area (Å²) in [6.45, 7) is 13.6. The van der Waals surface area contributed by atoms with E-state index in [0.29, 0.717) is 25.0 Å². The fraction of sp³-hybridized carbons (Fsp3) is 0.545. The molecule has 5 atom stereocenters. The van der Waals surface area contributed by atoms with Crippen molar-refractivity contribution in [3.05, 3.63) is 47.6 Å². The van der Waals surface area contributed by atoms with Crippen LogP contribution in [0.1, 0.15) is 56.6 Å². The van der Waals surface area contributed by atoms with Gasteiger partial charge in [-0.3, -0.25) is 0 Å². The molecule has 4 heteroatoms. The standard InChI is InChI=1S/C22H30O4/c1-12(2)16(23)7-6-14(4)15-8-9-22(5,25)21-19(15)20-17(24)10-13(3)11-18(20)26-21/h10-11,15-16,19,21,23-25H,1,4,6-9H2,2-3,5H3. The molecular formula is C22H30O4. The molecule has 2 aliphatic rings. The van der Waals surface area contributed by atoms with Crippen LogP contribution in [0.15, 0.2) is 36.4 Å². The lowest BCUT2D eigenvalue weighted by molar-refractivity contribution is -0.0828. The van der Waals surface area contributed by atoms with Crippen molar-refractivity contribution in [2.75, 3.05) is 0 Å². The maximum absolute atomic E-state index is 10.9. The Morgan fingerprint density at radius 1 is 1.38 bits per heavy atom. The smallest absolute Gasteiger partial charge is 0.135 e. The third-order valence-electron chi connectivity index (χ3n) is 6.02. The van der Waals surface area contributed by atoms with Crippen LogP contribution in [0.4, 0.5) is 0 Å². The van der Waals surface area contributed by atoms with E-state index in [2.05, 4.69) is 13.2 Å². The van der Waals surface area contributed by atoms with Crippen LogP contribution in [0.3, 0.4) is 0 Å². The zero-order valence-electron chi connectivity index (χ0n) is 16.0. The molecule has 1 aliphatic carbocycles. The highest BCUT2D eigenvalue weighted by molar-refractivity contribution is 5.54. The van der Waals surface area contributed by atoms with Gasteiger partial charge in [0.25, 0.3) is 0 Å². The van der Waals surface area contributed by atoms with Gasteiger partial charge in [0.05, 0.1) is 11.7 Å². The number of benzene rings is 1. The fourth-order valence-corrected chi connectivity index (χ4v) is 4.45. The minimum absolute atomic E-state index is 0.104. The lowest BCUT2D eigenvalue weighted by atomic mass is 9.65. The van der Waals surface area contributed by atoms with Gasteiger partial charge in [0.2, 0.25) is 0 Å². The minimum Gasteiger partial charge on any atom is -0.508 e. The molecule has 142 valence electrons. The Kier molecular flexibility index (Phi) is 4.93. The Balaban J connectivity index is 1.90. The van der Waals surface area contributed by atoms with Crippen LogP contribution in [0.2, 0.25) is 0 Å². The van der Waals surface area contributed by atoms with Crippen molar-refractivity contribution in [3.63, 3.8) is 0 Å². The lowest BCUT2D eigenvalue weighted by Crippen LogP contribution is -2.50. The van der Waals surface area contributed by atoms with Crippen molar-refractivity contribution < 1.29 is 20.1 Å². The average Bonchev–Trinajstić information content (AvgIpc) is 2.93. The number of rotatable bonds is 5. The summed E-state index contributed by atoms with van der Waals surface area (Å²) in [5, 5.41) is 31.5. The number of aliphatic hydroxyl groups excluding tert-OH is 1. The van der Waals surface area contributed by atoms with Crippen LogP contribution in [-0.2, 0) is 0 Å². The molecule has 0 spiro atoms. The van der Waals surface area contributed by atoms with Crippen molar-refractivity contribution in [2.45, 2.75) is 70.2 Å². The van der Waals surface area contributed by atoms with E-state index in [9.17, 15) is 15.3 Å². The summed E-state index contributed by atoms with van der Waals surface area (Å²) in [6.07, 6.45) is 1.75. The number of aryl methyl sites for hydroxylation is 1. The van der Waals surface area contributed by atoms with Gasteiger partial charge in [0.1, 0.15) is 17.6 Å². The van der Waals surface area contributed by atoms with Crippen LogP contribution in [-0.4, -0.2) is 33.1 Å². The number of phenols is 1. The predicted octanol–water partition coefficient (Wildman–Crippen LogP) is 3.98. The molecule has 0 amide bonds. The minimum atomic E-state index is -0.946.